The van der Waals surface area contributed by atoms with Crippen LogP contribution in [0.2, 0.25) is 0 Å². The Morgan fingerprint density at radius 2 is 1.52 bits per heavy atom. The van der Waals surface area contributed by atoms with Crippen LogP contribution in [-0.2, 0) is 12.8 Å². The van der Waals surface area contributed by atoms with Crippen molar-refractivity contribution in [2.75, 3.05) is 6.61 Å². The summed E-state index contributed by atoms with van der Waals surface area (Å²) >= 11 is 0. The van der Waals surface area contributed by atoms with Gasteiger partial charge in [-0.15, -0.1) is 0 Å². The Bertz CT molecular complexity index is 914. The van der Waals surface area contributed by atoms with Crippen LogP contribution in [-0.4, -0.2) is 6.61 Å². The molecule has 0 unspecified atom stereocenters. The third kappa shape index (κ3) is 5.50. The van der Waals surface area contributed by atoms with Crippen LogP contribution in [0.25, 0.3) is 0 Å². The zero-order valence-corrected chi connectivity index (χ0v) is 18.2. The molecule has 1 aliphatic carbocycles. The summed E-state index contributed by atoms with van der Waals surface area (Å²) in [5.41, 5.74) is 1.24. The van der Waals surface area contributed by atoms with Crippen molar-refractivity contribution in [2.45, 2.75) is 64.7 Å². The summed E-state index contributed by atoms with van der Waals surface area (Å²) in [6, 6.07) is 6.47. The highest BCUT2D eigenvalue weighted by atomic mass is 19.2. The molecule has 0 atom stereocenters. The Kier molecular flexibility index (Phi) is 8.16. The van der Waals surface area contributed by atoms with E-state index in [4.69, 9.17) is 4.74 Å². The minimum absolute atomic E-state index is 0.0472. The van der Waals surface area contributed by atoms with Gasteiger partial charge in [-0.1, -0.05) is 37.3 Å². The van der Waals surface area contributed by atoms with Gasteiger partial charge in [-0.2, -0.15) is 4.39 Å². The molecule has 1 fully saturated rings. The van der Waals surface area contributed by atoms with Crippen molar-refractivity contribution < 1.29 is 22.3 Å². The Balaban J connectivity index is 1.50. The van der Waals surface area contributed by atoms with Crippen LogP contribution < -0.4 is 4.74 Å². The Morgan fingerprint density at radius 1 is 0.839 bits per heavy atom. The fourth-order valence-corrected chi connectivity index (χ4v) is 4.37. The Labute approximate surface area is 182 Å². The van der Waals surface area contributed by atoms with Crippen LogP contribution in [0, 0.1) is 29.2 Å². The lowest BCUT2D eigenvalue weighted by Gasteiger charge is -2.27. The second-order valence-electron chi connectivity index (χ2n) is 8.16. The predicted octanol–water partition coefficient (Wildman–Crippen LogP) is 7.67. The smallest absolute Gasteiger partial charge is 0.200 e. The first kappa shape index (κ1) is 23.4. The molecule has 0 heterocycles. The molecule has 2 aromatic carbocycles. The van der Waals surface area contributed by atoms with Gasteiger partial charge < -0.3 is 4.74 Å². The summed E-state index contributed by atoms with van der Waals surface area (Å²) in [7, 11) is 0. The fourth-order valence-electron chi connectivity index (χ4n) is 4.37. The molecule has 0 spiro atoms. The van der Waals surface area contributed by atoms with E-state index in [1.165, 1.54) is 6.07 Å². The molecule has 0 radical (unpaired) electrons. The van der Waals surface area contributed by atoms with E-state index in [2.05, 4.69) is 6.08 Å². The largest absolute Gasteiger partial charge is 0.491 e. The lowest BCUT2D eigenvalue weighted by Crippen LogP contribution is -2.14. The van der Waals surface area contributed by atoms with Crippen molar-refractivity contribution in [2.24, 2.45) is 5.92 Å². The van der Waals surface area contributed by atoms with E-state index >= 15 is 0 Å². The monoisotopic (exact) mass is 434 g/mol. The zero-order valence-electron chi connectivity index (χ0n) is 18.2. The van der Waals surface area contributed by atoms with E-state index in [1.807, 2.05) is 13.0 Å². The highest BCUT2D eigenvalue weighted by molar-refractivity contribution is 5.31. The molecule has 0 aliphatic heterocycles. The minimum Gasteiger partial charge on any atom is -0.491 e. The molecule has 0 saturated heterocycles. The summed E-state index contributed by atoms with van der Waals surface area (Å²) in [6.07, 6.45) is 9.08. The molecule has 0 amide bonds. The number of ether oxygens (including phenoxy) is 1. The van der Waals surface area contributed by atoms with Crippen LogP contribution in [0.4, 0.5) is 17.6 Å². The molecule has 168 valence electrons. The average Bonchev–Trinajstić information content (AvgIpc) is 2.78. The van der Waals surface area contributed by atoms with E-state index in [0.29, 0.717) is 41.9 Å². The number of rotatable bonds is 8. The highest BCUT2D eigenvalue weighted by Gasteiger charge is 2.25. The van der Waals surface area contributed by atoms with Gasteiger partial charge in [0.1, 0.15) is 0 Å². The van der Waals surface area contributed by atoms with Crippen molar-refractivity contribution in [1.82, 2.24) is 0 Å². The van der Waals surface area contributed by atoms with Crippen LogP contribution in [0.5, 0.6) is 5.75 Å². The molecule has 3 rings (SSSR count). The van der Waals surface area contributed by atoms with Crippen molar-refractivity contribution in [3.05, 3.63) is 76.4 Å². The number of halogens is 4. The molecular weight excluding hydrogens is 404 g/mol. The minimum atomic E-state index is -0.933. The van der Waals surface area contributed by atoms with Crippen molar-refractivity contribution in [3.63, 3.8) is 0 Å². The van der Waals surface area contributed by atoms with E-state index in [-0.39, 0.29) is 18.3 Å². The molecule has 5 heteroatoms. The maximum atomic E-state index is 14.4. The SMILES string of the molecule is CCOc1ccc(CC/C=C/C2CCC(c3ccc(CC)c(F)c3F)CC2)c(F)c1F. The number of hydrogen-bond acceptors (Lipinski definition) is 1. The van der Waals surface area contributed by atoms with E-state index < -0.39 is 23.3 Å². The average molecular weight is 435 g/mol. The van der Waals surface area contributed by atoms with Crippen LogP contribution in [0.3, 0.4) is 0 Å². The van der Waals surface area contributed by atoms with Gasteiger partial charge in [0.15, 0.2) is 23.2 Å². The van der Waals surface area contributed by atoms with Crippen LogP contribution >= 0.6 is 0 Å². The van der Waals surface area contributed by atoms with Gasteiger partial charge in [0.05, 0.1) is 6.61 Å². The first-order valence-electron chi connectivity index (χ1n) is 11.2. The lowest BCUT2D eigenvalue weighted by atomic mass is 9.78. The first-order valence-corrected chi connectivity index (χ1v) is 11.2. The maximum absolute atomic E-state index is 14.4. The van der Waals surface area contributed by atoms with E-state index in [9.17, 15) is 17.6 Å². The van der Waals surface area contributed by atoms with Crippen LogP contribution in [0.1, 0.15) is 68.6 Å². The summed E-state index contributed by atoms with van der Waals surface area (Å²) < 4.78 is 61.7. The second kappa shape index (κ2) is 10.8. The lowest BCUT2D eigenvalue weighted by molar-refractivity contribution is 0.313. The van der Waals surface area contributed by atoms with E-state index in [1.54, 1.807) is 25.1 Å². The predicted molar refractivity (Wildman–Crippen MR) is 115 cm³/mol. The quantitative estimate of drug-likeness (QED) is 0.306. The van der Waals surface area contributed by atoms with Gasteiger partial charge >= 0.3 is 0 Å². The van der Waals surface area contributed by atoms with E-state index in [0.717, 1.165) is 25.7 Å². The zero-order chi connectivity index (χ0) is 22.4. The van der Waals surface area contributed by atoms with Crippen molar-refractivity contribution in [3.8, 4) is 5.75 Å². The van der Waals surface area contributed by atoms with Crippen LogP contribution in [0.15, 0.2) is 36.4 Å². The Hall–Kier alpha value is -2.30. The summed E-state index contributed by atoms with van der Waals surface area (Å²) in [5.74, 6) is -2.81. The third-order valence-electron chi connectivity index (χ3n) is 6.20. The molecule has 2 aromatic rings. The van der Waals surface area contributed by atoms with Gasteiger partial charge in [-0.3, -0.25) is 0 Å². The molecule has 31 heavy (non-hydrogen) atoms. The normalized spacial score (nSPS) is 19.2. The van der Waals surface area contributed by atoms with Gasteiger partial charge in [-0.05, 0) is 86.5 Å². The maximum Gasteiger partial charge on any atom is 0.200 e. The number of aryl methyl sites for hydroxylation is 2. The van der Waals surface area contributed by atoms with Crippen molar-refractivity contribution >= 4 is 0 Å². The standard InChI is InChI=1S/C26H30F4O/c1-3-18-13-15-21(25(29)23(18)27)19-11-9-17(10-12-19)7-5-6-8-20-14-16-22(31-4-2)26(30)24(20)28/h5,7,13-17,19H,3-4,6,8-12H2,1-2H3/b7-5+. The van der Waals surface area contributed by atoms with Crippen molar-refractivity contribution in [1.29, 1.82) is 0 Å². The highest BCUT2D eigenvalue weighted by Crippen LogP contribution is 2.38. The van der Waals surface area contributed by atoms with Gasteiger partial charge in [-0.25, -0.2) is 13.2 Å². The first-order chi connectivity index (χ1) is 15.0. The molecular formula is C26H30F4O. The van der Waals surface area contributed by atoms with Gasteiger partial charge in [0.25, 0.3) is 0 Å². The molecule has 1 aliphatic rings. The third-order valence-corrected chi connectivity index (χ3v) is 6.20. The second-order valence-corrected chi connectivity index (χ2v) is 8.16. The summed E-state index contributed by atoms with van der Waals surface area (Å²) in [4.78, 5) is 0. The van der Waals surface area contributed by atoms with Gasteiger partial charge in [0.2, 0.25) is 5.82 Å². The molecule has 1 nitrogen and oxygen atoms in total. The Morgan fingerprint density at radius 3 is 2.19 bits per heavy atom. The topological polar surface area (TPSA) is 9.23 Å². The molecule has 1 saturated carbocycles. The molecule has 0 aromatic heterocycles. The van der Waals surface area contributed by atoms with Gasteiger partial charge in [0, 0.05) is 0 Å². The number of hydrogen-bond donors (Lipinski definition) is 0. The number of benzene rings is 2. The summed E-state index contributed by atoms with van der Waals surface area (Å²) in [5, 5.41) is 0. The molecule has 0 N–H and O–H groups in total. The fraction of sp³-hybridized carbons (Fsp3) is 0.462. The number of allylic oxidation sites excluding steroid dienone is 2. The molecule has 0 bridgehead atoms. The summed E-state index contributed by atoms with van der Waals surface area (Å²) in [6.45, 7) is 3.82.